The van der Waals surface area contributed by atoms with E-state index in [1.807, 2.05) is 12.1 Å². The molecule has 0 atom stereocenters. The van der Waals surface area contributed by atoms with Crippen molar-refractivity contribution in [2.24, 2.45) is 0 Å². The highest BCUT2D eigenvalue weighted by Gasteiger charge is 2.08. The summed E-state index contributed by atoms with van der Waals surface area (Å²) in [5.74, 6) is -0.844. The van der Waals surface area contributed by atoms with Crippen LogP contribution in [0.2, 0.25) is 0 Å². The Morgan fingerprint density at radius 3 is 2.44 bits per heavy atom. The maximum absolute atomic E-state index is 13.0. The van der Waals surface area contributed by atoms with Crippen LogP contribution < -0.4 is 11.1 Å². The lowest BCUT2D eigenvalue weighted by atomic mass is 10.2. The number of anilines is 2. The number of nitrogens with two attached hydrogens (primary N) is 1. The molecule has 3 nitrogen and oxygen atoms in total. The summed E-state index contributed by atoms with van der Waals surface area (Å²) in [4.78, 5) is 11.9. The fraction of sp³-hybridized carbons (Fsp3) is 0. The van der Waals surface area contributed by atoms with Gasteiger partial charge in [-0.3, -0.25) is 4.79 Å². The lowest BCUT2D eigenvalue weighted by Crippen LogP contribution is -2.12. The SMILES string of the molecule is Nc1cc(C(=O)Nc2ccc(I)cc2)ccc1F. The van der Waals surface area contributed by atoms with Gasteiger partial charge in [0.25, 0.3) is 5.91 Å². The van der Waals surface area contributed by atoms with Crippen LogP contribution in [0.1, 0.15) is 10.4 Å². The minimum atomic E-state index is -0.527. The first-order chi connectivity index (χ1) is 8.56. The molecule has 0 radical (unpaired) electrons. The summed E-state index contributed by atoms with van der Waals surface area (Å²) in [6.07, 6.45) is 0. The zero-order chi connectivity index (χ0) is 13.1. The number of hydrogen-bond donors (Lipinski definition) is 2. The Balaban J connectivity index is 2.16. The summed E-state index contributed by atoms with van der Waals surface area (Å²) >= 11 is 2.18. The first kappa shape index (κ1) is 12.8. The molecule has 0 aliphatic rings. The molecule has 0 bridgehead atoms. The Morgan fingerprint density at radius 1 is 1.17 bits per heavy atom. The van der Waals surface area contributed by atoms with E-state index in [1.165, 1.54) is 18.2 Å². The lowest BCUT2D eigenvalue weighted by molar-refractivity contribution is 0.102. The van der Waals surface area contributed by atoms with Gasteiger partial charge in [0, 0.05) is 14.8 Å². The number of nitrogen functional groups attached to an aromatic ring is 1. The smallest absolute Gasteiger partial charge is 0.255 e. The number of halogens is 2. The summed E-state index contributed by atoms with van der Waals surface area (Å²) in [5, 5.41) is 2.71. The second-order valence-corrected chi connectivity index (χ2v) is 4.94. The third-order valence-corrected chi connectivity index (χ3v) is 3.08. The van der Waals surface area contributed by atoms with Gasteiger partial charge in [0.1, 0.15) is 5.82 Å². The van der Waals surface area contributed by atoms with Gasteiger partial charge in [0.05, 0.1) is 5.69 Å². The summed E-state index contributed by atoms with van der Waals surface area (Å²) in [7, 11) is 0. The number of amides is 1. The zero-order valence-corrected chi connectivity index (χ0v) is 11.4. The number of carbonyl (C=O) groups is 1. The molecule has 0 aromatic heterocycles. The van der Waals surface area contributed by atoms with Gasteiger partial charge in [-0.2, -0.15) is 0 Å². The van der Waals surface area contributed by atoms with Gasteiger partial charge in [-0.25, -0.2) is 4.39 Å². The van der Waals surface area contributed by atoms with Crippen molar-refractivity contribution >= 4 is 39.9 Å². The van der Waals surface area contributed by atoms with Crippen molar-refractivity contribution < 1.29 is 9.18 Å². The molecule has 18 heavy (non-hydrogen) atoms. The highest BCUT2D eigenvalue weighted by Crippen LogP contribution is 2.15. The van der Waals surface area contributed by atoms with Crippen LogP contribution in [0.25, 0.3) is 0 Å². The van der Waals surface area contributed by atoms with E-state index in [0.29, 0.717) is 11.3 Å². The van der Waals surface area contributed by atoms with Crippen molar-refractivity contribution in [3.8, 4) is 0 Å². The molecule has 0 heterocycles. The van der Waals surface area contributed by atoms with Crippen LogP contribution in [0.3, 0.4) is 0 Å². The van der Waals surface area contributed by atoms with E-state index < -0.39 is 5.82 Å². The Labute approximate surface area is 117 Å². The Kier molecular flexibility index (Phi) is 3.81. The van der Waals surface area contributed by atoms with Crippen LogP contribution in [-0.4, -0.2) is 5.91 Å². The quantitative estimate of drug-likeness (QED) is 0.641. The Bertz CT molecular complexity index is 584. The van der Waals surface area contributed by atoms with Crippen LogP contribution in [0.5, 0.6) is 0 Å². The maximum Gasteiger partial charge on any atom is 0.255 e. The average Bonchev–Trinajstić information content (AvgIpc) is 2.35. The van der Waals surface area contributed by atoms with Crippen molar-refractivity contribution in [3.05, 3.63) is 57.4 Å². The van der Waals surface area contributed by atoms with Crippen LogP contribution >= 0.6 is 22.6 Å². The lowest BCUT2D eigenvalue weighted by Gasteiger charge is -2.06. The molecule has 92 valence electrons. The van der Waals surface area contributed by atoms with Crippen molar-refractivity contribution in [2.45, 2.75) is 0 Å². The van der Waals surface area contributed by atoms with E-state index in [0.717, 1.165) is 3.57 Å². The van der Waals surface area contributed by atoms with Gasteiger partial charge in [-0.05, 0) is 65.1 Å². The second-order valence-electron chi connectivity index (χ2n) is 3.70. The van der Waals surface area contributed by atoms with Gasteiger partial charge in [-0.1, -0.05) is 0 Å². The number of benzene rings is 2. The topological polar surface area (TPSA) is 55.1 Å². The first-order valence-corrected chi connectivity index (χ1v) is 6.26. The summed E-state index contributed by atoms with van der Waals surface area (Å²) < 4.78 is 14.1. The Morgan fingerprint density at radius 2 is 1.83 bits per heavy atom. The Hall–Kier alpha value is -1.63. The van der Waals surface area contributed by atoms with E-state index >= 15 is 0 Å². The highest BCUT2D eigenvalue weighted by atomic mass is 127. The summed E-state index contributed by atoms with van der Waals surface area (Å²) in [6, 6.07) is 11.3. The second kappa shape index (κ2) is 5.34. The van der Waals surface area contributed by atoms with Crippen LogP contribution in [0, 0.1) is 9.39 Å². The minimum Gasteiger partial charge on any atom is -0.396 e. The number of nitrogens with one attached hydrogen (secondary N) is 1. The molecule has 0 unspecified atom stereocenters. The summed E-state index contributed by atoms with van der Waals surface area (Å²) in [5.41, 5.74) is 6.39. The van der Waals surface area contributed by atoms with Crippen LogP contribution in [0.4, 0.5) is 15.8 Å². The number of carbonyl (C=O) groups excluding carboxylic acids is 1. The van der Waals surface area contributed by atoms with Crippen molar-refractivity contribution in [3.63, 3.8) is 0 Å². The van der Waals surface area contributed by atoms with Crippen molar-refractivity contribution in [1.82, 2.24) is 0 Å². The molecule has 2 aromatic rings. The standard InChI is InChI=1S/C13H10FIN2O/c14-11-6-1-8(7-12(11)16)13(18)17-10-4-2-9(15)3-5-10/h1-7H,16H2,(H,17,18). The molecule has 0 fully saturated rings. The molecule has 0 saturated heterocycles. The van der Waals surface area contributed by atoms with Crippen LogP contribution in [0.15, 0.2) is 42.5 Å². The third-order valence-electron chi connectivity index (χ3n) is 2.36. The van der Waals surface area contributed by atoms with Gasteiger partial charge in [0.15, 0.2) is 0 Å². The maximum atomic E-state index is 13.0. The molecule has 0 saturated carbocycles. The van der Waals surface area contributed by atoms with E-state index in [9.17, 15) is 9.18 Å². The fourth-order valence-corrected chi connectivity index (χ4v) is 1.78. The van der Waals surface area contributed by atoms with Gasteiger partial charge in [-0.15, -0.1) is 0 Å². The zero-order valence-electron chi connectivity index (χ0n) is 9.28. The normalized spacial score (nSPS) is 10.1. The predicted molar refractivity (Wildman–Crippen MR) is 77.9 cm³/mol. The third kappa shape index (κ3) is 2.98. The van der Waals surface area contributed by atoms with E-state index in [4.69, 9.17) is 5.73 Å². The molecule has 0 spiro atoms. The molecule has 2 rings (SSSR count). The molecule has 3 N–H and O–H groups in total. The van der Waals surface area contributed by atoms with Crippen molar-refractivity contribution in [2.75, 3.05) is 11.1 Å². The molecule has 5 heteroatoms. The van der Waals surface area contributed by atoms with Gasteiger partial charge in [0.2, 0.25) is 0 Å². The average molecular weight is 356 g/mol. The molecular weight excluding hydrogens is 346 g/mol. The molecule has 0 aliphatic heterocycles. The fourth-order valence-electron chi connectivity index (χ4n) is 1.42. The molecular formula is C13H10FIN2O. The van der Waals surface area contributed by atoms with E-state index in [2.05, 4.69) is 27.9 Å². The number of hydrogen-bond acceptors (Lipinski definition) is 2. The highest BCUT2D eigenvalue weighted by molar-refractivity contribution is 14.1. The van der Waals surface area contributed by atoms with Gasteiger partial charge >= 0.3 is 0 Å². The predicted octanol–water partition coefficient (Wildman–Crippen LogP) is 3.26. The molecule has 2 aromatic carbocycles. The largest absolute Gasteiger partial charge is 0.396 e. The molecule has 0 aliphatic carbocycles. The van der Waals surface area contributed by atoms with Crippen molar-refractivity contribution in [1.29, 1.82) is 0 Å². The van der Waals surface area contributed by atoms with E-state index in [-0.39, 0.29) is 11.6 Å². The van der Waals surface area contributed by atoms with E-state index in [1.54, 1.807) is 12.1 Å². The van der Waals surface area contributed by atoms with Crippen LogP contribution in [-0.2, 0) is 0 Å². The monoisotopic (exact) mass is 356 g/mol. The molecule has 1 amide bonds. The van der Waals surface area contributed by atoms with Gasteiger partial charge < -0.3 is 11.1 Å². The number of rotatable bonds is 2. The first-order valence-electron chi connectivity index (χ1n) is 5.18. The summed E-state index contributed by atoms with van der Waals surface area (Å²) in [6.45, 7) is 0. The minimum absolute atomic E-state index is 0.0368.